The number of hydrogen-bond donors (Lipinski definition) is 1. The van der Waals surface area contributed by atoms with Gasteiger partial charge in [-0.05, 0) is 49.7 Å². The number of para-hydroxylation sites is 1. The molecule has 8 heteroatoms. The third kappa shape index (κ3) is 4.95. The van der Waals surface area contributed by atoms with Crippen molar-refractivity contribution in [2.45, 2.75) is 26.5 Å². The number of hydrogen-bond acceptors (Lipinski definition) is 5. The first-order valence-corrected chi connectivity index (χ1v) is 10.5. The van der Waals surface area contributed by atoms with Crippen molar-refractivity contribution in [3.05, 3.63) is 101 Å². The van der Waals surface area contributed by atoms with Crippen LogP contribution in [0.3, 0.4) is 0 Å². The molecule has 0 radical (unpaired) electrons. The van der Waals surface area contributed by atoms with Crippen molar-refractivity contribution in [2.75, 3.05) is 0 Å². The van der Waals surface area contributed by atoms with Gasteiger partial charge in [-0.2, -0.15) is 0 Å². The van der Waals surface area contributed by atoms with Crippen LogP contribution in [0.2, 0.25) is 5.02 Å². The van der Waals surface area contributed by atoms with E-state index in [1.54, 1.807) is 30.1 Å². The molecule has 0 aliphatic rings. The Morgan fingerprint density at radius 1 is 1.12 bits per heavy atom. The standard InChI is InChI=1S/C24H22ClN5O2/c1-16(19-9-11-20(12-10-19)32-15-18-6-5-13-26-14-18)27-24(31)23-28-17(2)30(29-23)22-8-4-3-7-21(22)25/h3-14,16H,15H2,1-2H3,(H,27,31). The normalized spacial score (nSPS) is 11.7. The van der Waals surface area contributed by atoms with E-state index in [0.29, 0.717) is 23.1 Å². The smallest absolute Gasteiger partial charge is 0.291 e. The molecular weight excluding hydrogens is 426 g/mol. The van der Waals surface area contributed by atoms with E-state index in [1.807, 2.05) is 61.5 Å². The maximum absolute atomic E-state index is 12.7. The number of carbonyl (C=O) groups is 1. The molecule has 32 heavy (non-hydrogen) atoms. The summed E-state index contributed by atoms with van der Waals surface area (Å²) in [6.07, 6.45) is 3.50. The predicted octanol–water partition coefficient (Wildman–Crippen LogP) is 4.69. The highest BCUT2D eigenvalue weighted by atomic mass is 35.5. The Kier molecular flexibility index (Phi) is 6.47. The zero-order chi connectivity index (χ0) is 22.5. The average Bonchev–Trinajstić information content (AvgIpc) is 3.20. The molecule has 4 rings (SSSR count). The van der Waals surface area contributed by atoms with Gasteiger partial charge in [-0.1, -0.05) is 41.9 Å². The molecule has 0 aliphatic heterocycles. The van der Waals surface area contributed by atoms with Crippen molar-refractivity contribution in [3.8, 4) is 11.4 Å². The lowest BCUT2D eigenvalue weighted by atomic mass is 10.1. The number of amides is 1. The number of nitrogens with one attached hydrogen (secondary N) is 1. The van der Waals surface area contributed by atoms with Gasteiger partial charge in [0.2, 0.25) is 5.82 Å². The lowest BCUT2D eigenvalue weighted by molar-refractivity contribution is 0.0929. The molecule has 162 valence electrons. The Morgan fingerprint density at radius 3 is 2.62 bits per heavy atom. The monoisotopic (exact) mass is 447 g/mol. The van der Waals surface area contributed by atoms with Crippen LogP contribution >= 0.6 is 11.6 Å². The lowest BCUT2D eigenvalue weighted by Gasteiger charge is -2.14. The molecule has 0 bridgehead atoms. The van der Waals surface area contributed by atoms with Crippen molar-refractivity contribution in [1.82, 2.24) is 25.1 Å². The summed E-state index contributed by atoms with van der Waals surface area (Å²) in [6, 6.07) is 18.5. The summed E-state index contributed by atoms with van der Waals surface area (Å²) in [5.41, 5.74) is 2.61. The molecule has 7 nitrogen and oxygen atoms in total. The van der Waals surface area contributed by atoms with E-state index in [-0.39, 0.29) is 17.8 Å². The van der Waals surface area contributed by atoms with Gasteiger partial charge < -0.3 is 10.1 Å². The van der Waals surface area contributed by atoms with Crippen LogP contribution in [0.4, 0.5) is 0 Å². The Morgan fingerprint density at radius 2 is 1.91 bits per heavy atom. The molecule has 1 unspecified atom stereocenters. The highest BCUT2D eigenvalue weighted by molar-refractivity contribution is 6.32. The first-order valence-electron chi connectivity index (χ1n) is 10.1. The fraction of sp³-hybridized carbons (Fsp3) is 0.167. The van der Waals surface area contributed by atoms with E-state index in [4.69, 9.17) is 16.3 Å². The van der Waals surface area contributed by atoms with Gasteiger partial charge >= 0.3 is 0 Å². The molecule has 0 spiro atoms. The first kappa shape index (κ1) is 21.5. The quantitative estimate of drug-likeness (QED) is 0.444. The van der Waals surface area contributed by atoms with E-state index in [2.05, 4.69) is 20.4 Å². The number of pyridine rings is 1. The molecule has 0 fully saturated rings. The lowest BCUT2D eigenvalue weighted by Crippen LogP contribution is -2.27. The first-order chi connectivity index (χ1) is 15.5. The van der Waals surface area contributed by atoms with Crippen LogP contribution in [-0.4, -0.2) is 25.7 Å². The van der Waals surface area contributed by atoms with Gasteiger partial charge in [0.25, 0.3) is 5.91 Å². The largest absolute Gasteiger partial charge is 0.489 e. The molecule has 1 atom stereocenters. The van der Waals surface area contributed by atoms with Gasteiger partial charge in [-0.3, -0.25) is 9.78 Å². The number of rotatable bonds is 7. The molecule has 1 amide bonds. The third-order valence-corrected chi connectivity index (χ3v) is 5.23. The van der Waals surface area contributed by atoms with Gasteiger partial charge in [0.1, 0.15) is 18.2 Å². The molecule has 0 saturated carbocycles. The van der Waals surface area contributed by atoms with Crippen molar-refractivity contribution >= 4 is 17.5 Å². The number of benzene rings is 2. The minimum absolute atomic E-state index is 0.0886. The van der Waals surface area contributed by atoms with Crippen molar-refractivity contribution in [1.29, 1.82) is 0 Å². The van der Waals surface area contributed by atoms with E-state index in [0.717, 1.165) is 16.9 Å². The minimum Gasteiger partial charge on any atom is -0.489 e. The summed E-state index contributed by atoms with van der Waals surface area (Å²) in [4.78, 5) is 21.1. The molecule has 0 aliphatic carbocycles. The van der Waals surface area contributed by atoms with Gasteiger partial charge in [0.05, 0.1) is 16.8 Å². The van der Waals surface area contributed by atoms with Crippen LogP contribution < -0.4 is 10.1 Å². The summed E-state index contributed by atoms with van der Waals surface area (Å²) in [5, 5.41) is 7.81. The van der Waals surface area contributed by atoms with Gasteiger partial charge in [0, 0.05) is 18.0 Å². The molecule has 2 aromatic heterocycles. The molecule has 4 aromatic rings. The summed E-state index contributed by atoms with van der Waals surface area (Å²) < 4.78 is 7.35. The van der Waals surface area contributed by atoms with Gasteiger partial charge in [-0.25, -0.2) is 9.67 Å². The second-order valence-electron chi connectivity index (χ2n) is 7.26. The van der Waals surface area contributed by atoms with E-state index in [9.17, 15) is 4.79 Å². The molecule has 1 N–H and O–H groups in total. The van der Waals surface area contributed by atoms with Crippen molar-refractivity contribution in [3.63, 3.8) is 0 Å². The summed E-state index contributed by atoms with van der Waals surface area (Å²) in [6.45, 7) is 4.13. The second kappa shape index (κ2) is 9.62. The van der Waals surface area contributed by atoms with E-state index < -0.39 is 0 Å². The summed E-state index contributed by atoms with van der Waals surface area (Å²) in [7, 11) is 0. The topological polar surface area (TPSA) is 81.9 Å². The highest BCUT2D eigenvalue weighted by Crippen LogP contribution is 2.21. The molecule has 2 aromatic carbocycles. The van der Waals surface area contributed by atoms with Crippen LogP contribution in [0.15, 0.2) is 73.1 Å². The molecule has 0 saturated heterocycles. The number of nitrogens with zero attached hydrogens (tertiary/aromatic N) is 4. The Bertz CT molecular complexity index is 1210. The number of carbonyl (C=O) groups excluding carboxylic acids is 1. The Labute approximate surface area is 191 Å². The number of aromatic nitrogens is 4. The maximum atomic E-state index is 12.7. The Hall–Kier alpha value is -3.71. The summed E-state index contributed by atoms with van der Waals surface area (Å²) >= 11 is 6.25. The van der Waals surface area contributed by atoms with Crippen LogP contribution in [0.1, 0.15) is 40.5 Å². The van der Waals surface area contributed by atoms with Crippen LogP contribution in [0, 0.1) is 6.92 Å². The predicted molar refractivity (Wildman–Crippen MR) is 122 cm³/mol. The zero-order valence-electron chi connectivity index (χ0n) is 17.7. The van der Waals surface area contributed by atoms with Crippen LogP contribution in [0.5, 0.6) is 5.75 Å². The average molecular weight is 448 g/mol. The third-order valence-electron chi connectivity index (χ3n) is 4.91. The second-order valence-corrected chi connectivity index (χ2v) is 7.67. The van der Waals surface area contributed by atoms with Gasteiger partial charge in [0.15, 0.2) is 0 Å². The number of ether oxygens (including phenoxy) is 1. The van der Waals surface area contributed by atoms with E-state index >= 15 is 0 Å². The number of aryl methyl sites for hydroxylation is 1. The molecule has 2 heterocycles. The van der Waals surface area contributed by atoms with Crippen LogP contribution in [-0.2, 0) is 6.61 Å². The summed E-state index contributed by atoms with van der Waals surface area (Å²) in [5.74, 6) is 1.05. The Balaban J connectivity index is 1.39. The highest BCUT2D eigenvalue weighted by Gasteiger charge is 2.18. The maximum Gasteiger partial charge on any atom is 0.291 e. The zero-order valence-corrected chi connectivity index (χ0v) is 18.5. The fourth-order valence-electron chi connectivity index (χ4n) is 3.19. The fourth-order valence-corrected chi connectivity index (χ4v) is 3.40. The minimum atomic E-state index is -0.358. The van der Waals surface area contributed by atoms with Crippen molar-refractivity contribution in [2.24, 2.45) is 0 Å². The SMILES string of the molecule is Cc1nc(C(=O)NC(C)c2ccc(OCc3cccnc3)cc2)nn1-c1ccccc1Cl. The van der Waals surface area contributed by atoms with Gasteiger partial charge in [-0.15, -0.1) is 5.10 Å². The van der Waals surface area contributed by atoms with Crippen LogP contribution in [0.25, 0.3) is 5.69 Å². The van der Waals surface area contributed by atoms with Crippen molar-refractivity contribution < 1.29 is 9.53 Å². The van der Waals surface area contributed by atoms with E-state index in [1.165, 1.54) is 0 Å². The molecular formula is C24H22ClN5O2. The number of halogens is 1.